The molecule has 29 heavy (non-hydrogen) atoms. The van der Waals surface area contributed by atoms with Crippen LogP contribution in [0.3, 0.4) is 0 Å². The summed E-state index contributed by atoms with van der Waals surface area (Å²) in [4.78, 5) is 21.3. The van der Waals surface area contributed by atoms with Crippen molar-refractivity contribution in [2.24, 2.45) is 0 Å². The molecule has 2 heterocycles. The van der Waals surface area contributed by atoms with Gasteiger partial charge in [-0.15, -0.1) is 0 Å². The monoisotopic (exact) mass is 433 g/mol. The summed E-state index contributed by atoms with van der Waals surface area (Å²) in [6.45, 7) is 3.55. The first-order chi connectivity index (χ1) is 13.9. The van der Waals surface area contributed by atoms with E-state index in [1.54, 1.807) is 42.2 Å². The van der Waals surface area contributed by atoms with Crippen LogP contribution >= 0.6 is 11.3 Å². The molecule has 0 radical (unpaired) electrons. The van der Waals surface area contributed by atoms with Crippen LogP contribution in [0.15, 0.2) is 47.4 Å². The van der Waals surface area contributed by atoms with Crippen LogP contribution in [0.25, 0.3) is 10.2 Å². The maximum absolute atomic E-state index is 13.9. The number of piperazine rings is 1. The molecule has 0 N–H and O–H groups in total. The number of hydrogen-bond acceptors (Lipinski definition) is 6. The summed E-state index contributed by atoms with van der Waals surface area (Å²) < 4.78 is 39.1. The first kappa shape index (κ1) is 19.8. The minimum atomic E-state index is -3.49. The van der Waals surface area contributed by atoms with Gasteiger partial charge in [0.1, 0.15) is 5.82 Å². The molecule has 1 fully saturated rings. The van der Waals surface area contributed by atoms with Gasteiger partial charge in [-0.25, -0.2) is 17.8 Å². The normalized spacial score (nSPS) is 15.1. The lowest BCUT2D eigenvalue weighted by Crippen LogP contribution is -2.49. The number of fused-ring (bicyclic) bond motifs is 1. The molecular weight excluding hydrogens is 413 g/mol. The molecule has 1 aliphatic heterocycles. The van der Waals surface area contributed by atoms with Crippen molar-refractivity contribution < 1.29 is 17.6 Å². The van der Waals surface area contributed by atoms with E-state index in [4.69, 9.17) is 0 Å². The Hall–Kier alpha value is -2.52. The number of halogens is 1. The molecule has 2 aromatic carbocycles. The second-order valence-electron chi connectivity index (χ2n) is 6.76. The molecule has 0 bridgehead atoms. The molecule has 0 atom stereocenters. The maximum Gasteiger partial charge on any atom is 0.255 e. The second kappa shape index (κ2) is 7.72. The Labute approximate surface area is 172 Å². The van der Waals surface area contributed by atoms with Crippen LogP contribution in [0.1, 0.15) is 17.3 Å². The van der Waals surface area contributed by atoms with E-state index in [1.807, 2.05) is 4.90 Å². The zero-order valence-corrected chi connectivity index (χ0v) is 17.5. The van der Waals surface area contributed by atoms with E-state index in [2.05, 4.69) is 4.98 Å². The lowest BCUT2D eigenvalue weighted by Gasteiger charge is -2.34. The number of carbonyl (C=O) groups excluding carboxylic acids is 1. The molecule has 0 unspecified atom stereocenters. The van der Waals surface area contributed by atoms with Crippen molar-refractivity contribution in [1.82, 2.24) is 9.88 Å². The number of amides is 1. The van der Waals surface area contributed by atoms with Gasteiger partial charge in [0.15, 0.2) is 15.0 Å². The predicted octanol–water partition coefficient (Wildman–Crippen LogP) is 3.19. The van der Waals surface area contributed by atoms with Crippen LogP contribution in [0, 0.1) is 5.82 Å². The number of hydrogen-bond donors (Lipinski definition) is 0. The third-order valence-corrected chi connectivity index (χ3v) is 7.95. The highest BCUT2D eigenvalue weighted by atomic mass is 32.2. The second-order valence-corrected chi connectivity index (χ2v) is 9.99. The molecular formula is C20H20FN3O3S2. The van der Waals surface area contributed by atoms with E-state index in [0.29, 0.717) is 36.4 Å². The van der Waals surface area contributed by atoms with E-state index < -0.39 is 9.84 Å². The summed E-state index contributed by atoms with van der Waals surface area (Å²) in [6, 6.07) is 11.2. The van der Waals surface area contributed by atoms with Gasteiger partial charge in [-0.05, 0) is 24.3 Å². The van der Waals surface area contributed by atoms with Crippen molar-refractivity contribution in [3.8, 4) is 0 Å². The molecule has 1 saturated heterocycles. The third-order valence-electron chi connectivity index (χ3n) is 5.03. The van der Waals surface area contributed by atoms with Gasteiger partial charge in [-0.2, -0.15) is 0 Å². The summed E-state index contributed by atoms with van der Waals surface area (Å²) in [5.41, 5.74) is 0.840. The number of benzene rings is 2. The van der Waals surface area contributed by atoms with Crippen LogP contribution in [0.4, 0.5) is 9.52 Å². The highest BCUT2D eigenvalue weighted by Crippen LogP contribution is 2.31. The van der Waals surface area contributed by atoms with E-state index >= 15 is 0 Å². The van der Waals surface area contributed by atoms with Gasteiger partial charge in [-0.1, -0.05) is 36.5 Å². The average Bonchev–Trinajstić information content (AvgIpc) is 3.19. The zero-order valence-electron chi connectivity index (χ0n) is 15.8. The van der Waals surface area contributed by atoms with E-state index in [0.717, 1.165) is 5.13 Å². The number of anilines is 1. The first-order valence-electron chi connectivity index (χ1n) is 9.32. The molecule has 1 amide bonds. The summed E-state index contributed by atoms with van der Waals surface area (Å²) in [6.07, 6.45) is 0. The Bertz CT molecular complexity index is 1170. The number of thiazole rings is 1. The summed E-state index contributed by atoms with van der Waals surface area (Å²) in [5, 5.41) is 0.728. The van der Waals surface area contributed by atoms with Crippen molar-refractivity contribution in [2.75, 3.05) is 36.8 Å². The fourth-order valence-corrected chi connectivity index (χ4v) is 5.49. The summed E-state index contributed by atoms with van der Waals surface area (Å²) in [7, 11) is -3.49. The SMILES string of the molecule is CCS(=O)(=O)c1ccccc1C(=O)N1CCN(c2nc3cccc(F)c3s2)CC1. The smallest absolute Gasteiger partial charge is 0.255 e. The third kappa shape index (κ3) is 3.72. The summed E-state index contributed by atoms with van der Waals surface area (Å²) >= 11 is 1.30. The van der Waals surface area contributed by atoms with Crippen molar-refractivity contribution in [3.63, 3.8) is 0 Å². The topological polar surface area (TPSA) is 70.6 Å². The number of sulfone groups is 1. The van der Waals surface area contributed by atoms with E-state index in [-0.39, 0.29) is 27.9 Å². The van der Waals surface area contributed by atoms with Gasteiger partial charge >= 0.3 is 0 Å². The number of rotatable bonds is 4. The molecule has 3 aromatic rings. The lowest BCUT2D eigenvalue weighted by molar-refractivity contribution is 0.0743. The van der Waals surface area contributed by atoms with Gasteiger partial charge in [0.2, 0.25) is 0 Å². The maximum atomic E-state index is 13.9. The van der Waals surface area contributed by atoms with Crippen molar-refractivity contribution in [1.29, 1.82) is 0 Å². The highest BCUT2D eigenvalue weighted by Gasteiger charge is 2.28. The fraction of sp³-hybridized carbons (Fsp3) is 0.300. The van der Waals surface area contributed by atoms with E-state index in [1.165, 1.54) is 23.5 Å². The van der Waals surface area contributed by atoms with Crippen molar-refractivity contribution >= 4 is 42.4 Å². The first-order valence-corrected chi connectivity index (χ1v) is 11.8. The minimum absolute atomic E-state index is 0.0563. The Balaban J connectivity index is 1.51. The van der Waals surface area contributed by atoms with Crippen LogP contribution in [-0.2, 0) is 9.84 Å². The van der Waals surface area contributed by atoms with Crippen molar-refractivity contribution in [2.45, 2.75) is 11.8 Å². The van der Waals surface area contributed by atoms with Gasteiger partial charge < -0.3 is 9.80 Å². The molecule has 9 heteroatoms. The van der Waals surface area contributed by atoms with Gasteiger partial charge in [-0.3, -0.25) is 4.79 Å². The molecule has 152 valence electrons. The van der Waals surface area contributed by atoms with Gasteiger partial charge in [0.05, 0.1) is 26.4 Å². The zero-order chi connectivity index (χ0) is 20.6. The highest BCUT2D eigenvalue weighted by molar-refractivity contribution is 7.91. The molecule has 1 aromatic heterocycles. The minimum Gasteiger partial charge on any atom is -0.345 e. The molecule has 6 nitrogen and oxygen atoms in total. The molecule has 1 aliphatic rings. The van der Waals surface area contributed by atoms with Gasteiger partial charge in [0, 0.05) is 26.2 Å². The fourth-order valence-electron chi connectivity index (χ4n) is 3.38. The lowest BCUT2D eigenvalue weighted by atomic mass is 10.2. The van der Waals surface area contributed by atoms with Crippen LogP contribution in [0.2, 0.25) is 0 Å². The Morgan fingerprint density at radius 1 is 1.10 bits per heavy atom. The predicted molar refractivity (Wildman–Crippen MR) is 112 cm³/mol. The summed E-state index contributed by atoms with van der Waals surface area (Å²) in [5.74, 6) is -0.624. The van der Waals surface area contributed by atoms with E-state index in [9.17, 15) is 17.6 Å². The number of nitrogens with zero attached hydrogens (tertiary/aromatic N) is 3. The van der Waals surface area contributed by atoms with Crippen LogP contribution in [-0.4, -0.2) is 56.1 Å². The molecule has 4 rings (SSSR count). The largest absolute Gasteiger partial charge is 0.345 e. The average molecular weight is 434 g/mol. The van der Waals surface area contributed by atoms with Gasteiger partial charge in [0.25, 0.3) is 5.91 Å². The Kier molecular flexibility index (Phi) is 5.26. The Morgan fingerprint density at radius 2 is 1.83 bits per heavy atom. The quantitative estimate of drug-likeness (QED) is 0.632. The molecule has 0 saturated carbocycles. The Morgan fingerprint density at radius 3 is 2.52 bits per heavy atom. The molecule has 0 aliphatic carbocycles. The van der Waals surface area contributed by atoms with Crippen molar-refractivity contribution in [3.05, 3.63) is 53.8 Å². The standard InChI is InChI=1S/C20H20FN3O3S2/c1-2-29(26,27)17-9-4-3-6-14(17)19(25)23-10-12-24(13-11-23)20-22-16-8-5-7-15(21)18(16)28-20/h3-9H,2,10-13H2,1H3. The van der Waals surface area contributed by atoms with Crippen LogP contribution < -0.4 is 4.90 Å². The van der Waals surface area contributed by atoms with Crippen LogP contribution in [0.5, 0.6) is 0 Å². The molecule has 0 spiro atoms. The number of aromatic nitrogens is 1. The number of carbonyl (C=O) groups is 1.